The smallest absolute Gasteiger partial charge is 0.416 e. The Morgan fingerprint density at radius 3 is 2.37 bits per heavy atom. The zero-order valence-corrected chi connectivity index (χ0v) is 24.1. The third kappa shape index (κ3) is 6.57. The highest BCUT2D eigenvalue weighted by Gasteiger charge is 2.31. The average Bonchev–Trinajstić information content (AvgIpc) is 3.26. The number of halogens is 4. The lowest BCUT2D eigenvalue weighted by atomic mass is 9.80. The molecule has 3 N–H and O–H groups in total. The van der Waals surface area contributed by atoms with Gasteiger partial charge in [-0.2, -0.15) is 18.2 Å². The van der Waals surface area contributed by atoms with Crippen molar-refractivity contribution in [2.75, 3.05) is 10.6 Å². The molecule has 1 unspecified atom stereocenters. The molecule has 0 bridgehead atoms. The number of imidazole rings is 1. The van der Waals surface area contributed by atoms with Crippen LogP contribution in [0, 0.1) is 11.7 Å². The second-order valence-corrected chi connectivity index (χ2v) is 11.2. The average molecular weight is 599 g/mol. The number of carboxylic acid groups (broad SMARTS) is 1. The number of hydrogen-bond donors (Lipinski definition) is 3. The zero-order chi connectivity index (χ0) is 30.9. The van der Waals surface area contributed by atoms with E-state index in [0.717, 1.165) is 37.0 Å². The van der Waals surface area contributed by atoms with Crippen molar-refractivity contribution in [2.45, 2.75) is 77.2 Å². The first-order valence-corrected chi connectivity index (χ1v) is 14.4. The number of carbonyl (C=O) groups is 1. The van der Waals surface area contributed by atoms with E-state index in [1.165, 1.54) is 24.3 Å². The summed E-state index contributed by atoms with van der Waals surface area (Å²) in [6, 6.07) is 11.0. The predicted octanol–water partition coefficient (Wildman–Crippen LogP) is 7.33. The molecule has 1 fully saturated rings. The van der Waals surface area contributed by atoms with Gasteiger partial charge in [-0.3, -0.25) is 0 Å². The van der Waals surface area contributed by atoms with Crippen LogP contribution in [0.4, 0.5) is 29.3 Å². The van der Waals surface area contributed by atoms with Gasteiger partial charge in [-0.25, -0.2) is 19.2 Å². The summed E-state index contributed by atoms with van der Waals surface area (Å²) in [5, 5.41) is 16.6. The first-order chi connectivity index (χ1) is 20.4. The van der Waals surface area contributed by atoms with Crippen molar-refractivity contribution in [3.8, 4) is 0 Å². The van der Waals surface area contributed by atoms with Crippen LogP contribution in [0.3, 0.4) is 0 Å². The molecule has 1 aliphatic carbocycles. The van der Waals surface area contributed by atoms with Crippen LogP contribution in [0.1, 0.15) is 79.7 Å². The van der Waals surface area contributed by atoms with Crippen LogP contribution < -0.4 is 10.6 Å². The van der Waals surface area contributed by atoms with Gasteiger partial charge in [0.2, 0.25) is 11.8 Å². The minimum Gasteiger partial charge on any atom is -0.475 e. The highest BCUT2D eigenvalue weighted by molar-refractivity contribution is 5.91. The van der Waals surface area contributed by atoms with E-state index in [1.54, 1.807) is 10.6 Å². The summed E-state index contributed by atoms with van der Waals surface area (Å²) in [6.45, 7) is 6.08. The molecule has 0 amide bonds. The number of nitrogens with zero attached hydrogens (tertiary/aromatic N) is 4. The minimum absolute atomic E-state index is 0.00397. The quantitative estimate of drug-likeness (QED) is 0.155. The second kappa shape index (κ2) is 12.2. The summed E-state index contributed by atoms with van der Waals surface area (Å²) >= 11 is 0. The van der Waals surface area contributed by atoms with Crippen LogP contribution >= 0.6 is 0 Å². The summed E-state index contributed by atoms with van der Waals surface area (Å²) in [7, 11) is 0. The van der Waals surface area contributed by atoms with E-state index in [-0.39, 0.29) is 36.0 Å². The molecular weight excluding hydrogens is 564 g/mol. The van der Waals surface area contributed by atoms with E-state index in [0.29, 0.717) is 35.2 Å². The van der Waals surface area contributed by atoms with Crippen LogP contribution in [0.2, 0.25) is 0 Å². The Bertz CT molecular complexity index is 1600. The molecule has 43 heavy (non-hydrogen) atoms. The fraction of sp³-hybridized carbons (Fsp3) is 0.419. The summed E-state index contributed by atoms with van der Waals surface area (Å²) in [5.74, 6) is -1.17. The topological polar surface area (TPSA) is 105 Å². The van der Waals surface area contributed by atoms with Gasteiger partial charge in [0.25, 0.3) is 0 Å². The normalized spacial score (nSPS) is 16.0. The molecule has 0 aliphatic heterocycles. The van der Waals surface area contributed by atoms with Crippen molar-refractivity contribution >= 4 is 28.9 Å². The third-order valence-electron chi connectivity index (χ3n) is 8.37. The molecule has 0 radical (unpaired) electrons. The molecule has 2 heterocycles. The van der Waals surface area contributed by atoms with Crippen molar-refractivity contribution in [2.24, 2.45) is 5.92 Å². The maximum atomic E-state index is 14.0. The van der Waals surface area contributed by atoms with Gasteiger partial charge in [-0.05, 0) is 67.5 Å². The number of rotatable bonds is 11. The highest BCUT2D eigenvalue weighted by Crippen LogP contribution is 2.34. The van der Waals surface area contributed by atoms with E-state index in [9.17, 15) is 27.5 Å². The molecular formula is C31H34F4N6O2. The Labute approximate surface area is 246 Å². The predicted molar refractivity (Wildman–Crippen MR) is 156 cm³/mol. The van der Waals surface area contributed by atoms with Crippen molar-refractivity contribution < 1.29 is 27.5 Å². The summed E-state index contributed by atoms with van der Waals surface area (Å²) in [6.07, 6.45) is -0.622. The molecule has 12 heteroatoms. The van der Waals surface area contributed by atoms with Crippen LogP contribution in [-0.4, -0.2) is 42.7 Å². The van der Waals surface area contributed by atoms with Crippen LogP contribution in [0.5, 0.6) is 0 Å². The van der Waals surface area contributed by atoms with Gasteiger partial charge >= 0.3 is 12.1 Å². The number of carboxylic acids is 1. The second-order valence-electron chi connectivity index (χ2n) is 11.2. The fourth-order valence-corrected chi connectivity index (χ4v) is 5.52. The number of anilines is 2. The number of benzene rings is 2. The Kier molecular flexibility index (Phi) is 8.57. The van der Waals surface area contributed by atoms with Gasteiger partial charge in [-0.1, -0.05) is 44.5 Å². The van der Waals surface area contributed by atoms with Crippen molar-refractivity contribution in [3.63, 3.8) is 0 Å². The maximum Gasteiger partial charge on any atom is 0.416 e. The lowest BCUT2D eigenvalue weighted by Crippen LogP contribution is -2.31. The van der Waals surface area contributed by atoms with Crippen molar-refractivity contribution in [3.05, 3.63) is 76.9 Å². The number of alkyl halides is 3. The lowest BCUT2D eigenvalue weighted by molar-refractivity contribution is -0.137. The van der Waals surface area contributed by atoms with E-state index in [2.05, 4.69) is 25.6 Å². The van der Waals surface area contributed by atoms with E-state index >= 15 is 0 Å². The molecule has 4 aromatic rings. The summed E-state index contributed by atoms with van der Waals surface area (Å²) in [5.41, 5.74) is 1.17. The first kappa shape index (κ1) is 30.2. The number of fused-ring (bicyclic) bond motifs is 1. The maximum absolute atomic E-state index is 14.0. The first-order valence-electron chi connectivity index (χ1n) is 14.4. The van der Waals surface area contributed by atoms with Gasteiger partial charge in [0, 0.05) is 18.0 Å². The molecule has 1 saturated carbocycles. The molecule has 0 spiro atoms. The Morgan fingerprint density at radius 2 is 1.79 bits per heavy atom. The molecule has 5 rings (SSSR count). The van der Waals surface area contributed by atoms with Gasteiger partial charge in [-0.15, -0.1) is 0 Å². The standard InChI is InChI=1S/C31H34F4N6O2/c1-4-24(17(2)21-9-6-10-23(32)15-21)37-30-40-27-25(41(30)16-19-11-13-22(14-12-19)31(33,34)35)26(38-28(39-27)29(42)43)36-18(3)20-7-5-8-20/h6,9-15,17-18,20,24H,4-5,7-8,16H2,1-3H3,(H,42,43)(H2,36,37,38,39,40)/t17-,18+,24?/m0/s1. The zero-order valence-electron chi connectivity index (χ0n) is 24.1. The molecule has 2 aromatic carbocycles. The van der Waals surface area contributed by atoms with Gasteiger partial charge in [0.1, 0.15) is 11.3 Å². The van der Waals surface area contributed by atoms with Crippen LogP contribution in [0.15, 0.2) is 48.5 Å². The van der Waals surface area contributed by atoms with Gasteiger partial charge in [0.15, 0.2) is 11.5 Å². The summed E-state index contributed by atoms with van der Waals surface area (Å²) < 4.78 is 55.5. The molecule has 0 saturated heterocycles. The van der Waals surface area contributed by atoms with Gasteiger partial charge < -0.3 is 20.3 Å². The van der Waals surface area contributed by atoms with Crippen molar-refractivity contribution in [1.29, 1.82) is 0 Å². The largest absolute Gasteiger partial charge is 0.475 e. The molecule has 3 atom stereocenters. The Morgan fingerprint density at radius 1 is 1.07 bits per heavy atom. The van der Waals surface area contributed by atoms with Crippen molar-refractivity contribution in [1.82, 2.24) is 19.5 Å². The molecule has 2 aromatic heterocycles. The minimum atomic E-state index is -4.47. The fourth-order valence-electron chi connectivity index (χ4n) is 5.52. The van der Waals surface area contributed by atoms with Crippen LogP contribution in [0.25, 0.3) is 11.2 Å². The van der Waals surface area contributed by atoms with Crippen LogP contribution in [-0.2, 0) is 12.7 Å². The molecule has 8 nitrogen and oxygen atoms in total. The number of hydrogen-bond acceptors (Lipinski definition) is 6. The molecule has 1 aliphatic rings. The van der Waals surface area contributed by atoms with E-state index in [4.69, 9.17) is 0 Å². The number of aromatic carboxylic acids is 1. The highest BCUT2D eigenvalue weighted by atomic mass is 19.4. The molecule has 228 valence electrons. The van der Waals surface area contributed by atoms with E-state index in [1.807, 2.05) is 26.8 Å². The third-order valence-corrected chi connectivity index (χ3v) is 8.37. The summed E-state index contributed by atoms with van der Waals surface area (Å²) in [4.78, 5) is 25.2. The Hall–Kier alpha value is -4.22. The van der Waals surface area contributed by atoms with Gasteiger partial charge in [0.05, 0.1) is 12.1 Å². The number of aromatic nitrogens is 4. The number of nitrogens with one attached hydrogen (secondary N) is 2. The lowest BCUT2D eigenvalue weighted by Gasteiger charge is -2.32. The SMILES string of the molecule is CCC(Nc1nc2nc(C(=O)O)nc(N[C@H](C)C3CCC3)c2n1Cc1ccc(C(F)(F)F)cc1)[C@@H](C)c1cccc(F)c1. The monoisotopic (exact) mass is 598 g/mol. The van der Waals surface area contributed by atoms with E-state index < -0.39 is 23.5 Å². The Balaban J connectivity index is 1.61.